The molecule has 1 aliphatic rings. The summed E-state index contributed by atoms with van der Waals surface area (Å²) in [6.45, 7) is 0.875. The number of halogens is 1. The van der Waals surface area contributed by atoms with Gasteiger partial charge in [0.15, 0.2) is 11.6 Å². The zero-order valence-corrected chi connectivity index (χ0v) is 13.7. The second-order valence-corrected chi connectivity index (χ2v) is 5.95. The lowest BCUT2D eigenvalue weighted by molar-refractivity contribution is 0.0695. The van der Waals surface area contributed by atoms with E-state index in [2.05, 4.69) is 0 Å². The molecule has 25 heavy (non-hydrogen) atoms. The van der Waals surface area contributed by atoms with E-state index in [-0.39, 0.29) is 28.7 Å². The molecule has 3 rings (SSSR count). The SMILES string of the molecule is COc1c(F)cccc1C(=O)N1CC[C@@H](c2ccccc2C(=O)O)C1. The zero-order valence-electron chi connectivity index (χ0n) is 13.7. The number of hydrogen-bond acceptors (Lipinski definition) is 3. The number of rotatable bonds is 4. The Morgan fingerprint density at radius 1 is 1.16 bits per heavy atom. The summed E-state index contributed by atoms with van der Waals surface area (Å²) in [6, 6.07) is 11.1. The van der Waals surface area contributed by atoms with Crippen LogP contribution in [0, 0.1) is 5.82 Å². The molecule has 5 nitrogen and oxygen atoms in total. The van der Waals surface area contributed by atoms with Crippen molar-refractivity contribution < 1.29 is 23.8 Å². The van der Waals surface area contributed by atoms with Gasteiger partial charge in [-0.2, -0.15) is 0 Å². The standard InChI is InChI=1S/C19H18FNO4/c1-25-17-15(7-4-8-16(17)20)18(22)21-10-9-12(11-21)13-5-2-3-6-14(13)19(23)24/h2-8,12H,9-11H2,1H3,(H,23,24)/t12-/m1/s1. The Balaban J connectivity index is 1.83. The maximum absolute atomic E-state index is 13.8. The van der Waals surface area contributed by atoms with Crippen molar-refractivity contribution in [3.8, 4) is 5.75 Å². The van der Waals surface area contributed by atoms with Crippen LogP contribution >= 0.6 is 0 Å². The number of likely N-dealkylation sites (tertiary alicyclic amines) is 1. The third-order valence-corrected chi connectivity index (χ3v) is 4.51. The quantitative estimate of drug-likeness (QED) is 0.926. The third kappa shape index (κ3) is 3.20. The van der Waals surface area contributed by atoms with E-state index >= 15 is 0 Å². The highest BCUT2D eigenvalue weighted by Gasteiger charge is 2.31. The topological polar surface area (TPSA) is 66.8 Å². The van der Waals surface area contributed by atoms with Gasteiger partial charge in [-0.25, -0.2) is 9.18 Å². The molecule has 1 aliphatic heterocycles. The molecule has 1 saturated heterocycles. The highest BCUT2D eigenvalue weighted by molar-refractivity contribution is 5.97. The van der Waals surface area contributed by atoms with E-state index in [0.717, 1.165) is 5.56 Å². The molecule has 2 aromatic carbocycles. The van der Waals surface area contributed by atoms with E-state index in [1.165, 1.54) is 25.3 Å². The molecule has 0 aliphatic carbocycles. The van der Waals surface area contributed by atoms with Gasteiger partial charge in [-0.15, -0.1) is 0 Å². The highest BCUT2D eigenvalue weighted by atomic mass is 19.1. The van der Waals surface area contributed by atoms with Crippen LogP contribution in [-0.2, 0) is 0 Å². The van der Waals surface area contributed by atoms with Crippen LogP contribution in [0.3, 0.4) is 0 Å². The predicted molar refractivity (Wildman–Crippen MR) is 89.6 cm³/mol. The molecule has 0 aromatic heterocycles. The molecule has 0 saturated carbocycles. The number of nitrogens with zero attached hydrogens (tertiary/aromatic N) is 1. The smallest absolute Gasteiger partial charge is 0.335 e. The Hall–Kier alpha value is -2.89. The van der Waals surface area contributed by atoms with Crippen molar-refractivity contribution in [2.24, 2.45) is 0 Å². The first kappa shape index (κ1) is 17.0. The van der Waals surface area contributed by atoms with Crippen LogP contribution < -0.4 is 4.74 Å². The fraction of sp³-hybridized carbons (Fsp3) is 0.263. The highest BCUT2D eigenvalue weighted by Crippen LogP contribution is 2.32. The van der Waals surface area contributed by atoms with Gasteiger partial charge in [0, 0.05) is 19.0 Å². The van der Waals surface area contributed by atoms with E-state index in [1.807, 2.05) is 0 Å². The number of amides is 1. The van der Waals surface area contributed by atoms with Crippen LogP contribution in [0.1, 0.15) is 38.6 Å². The maximum Gasteiger partial charge on any atom is 0.335 e. The maximum atomic E-state index is 13.8. The lowest BCUT2D eigenvalue weighted by atomic mass is 9.93. The van der Waals surface area contributed by atoms with Crippen molar-refractivity contribution in [1.29, 1.82) is 0 Å². The van der Waals surface area contributed by atoms with Crippen LogP contribution in [0.25, 0.3) is 0 Å². The van der Waals surface area contributed by atoms with Gasteiger partial charge >= 0.3 is 5.97 Å². The first-order valence-corrected chi connectivity index (χ1v) is 7.97. The molecule has 2 aromatic rings. The Morgan fingerprint density at radius 2 is 1.88 bits per heavy atom. The number of carboxylic acid groups (broad SMARTS) is 1. The van der Waals surface area contributed by atoms with Crippen LogP contribution in [0.15, 0.2) is 42.5 Å². The molecule has 1 fully saturated rings. The number of aromatic carboxylic acids is 1. The van der Waals surface area contributed by atoms with Crippen LogP contribution in [0.2, 0.25) is 0 Å². The Kier molecular flexibility index (Phi) is 4.70. The van der Waals surface area contributed by atoms with Gasteiger partial charge in [0.2, 0.25) is 0 Å². The number of methoxy groups -OCH3 is 1. The van der Waals surface area contributed by atoms with Crippen LogP contribution in [-0.4, -0.2) is 42.1 Å². The van der Waals surface area contributed by atoms with Gasteiger partial charge in [-0.1, -0.05) is 24.3 Å². The van der Waals surface area contributed by atoms with Crippen molar-refractivity contribution in [3.63, 3.8) is 0 Å². The second kappa shape index (κ2) is 6.93. The summed E-state index contributed by atoms with van der Waals surface area (Å²) in [5, 5.41) is 9.34. The lowest BCUT2D eigenvalue weighted by Crippen LogP contribution is -2.29. The minimum absolute atomic E-state index is 0.0594. The van der Waals surface area contributed by atoms with E-state index in [4.69, 9.17) is 4.74 Å². The average molecular weight is 343 g/mol. The Bertz CT molecular complexity index is 821. The Labute approximate surface area is 144 Å². The fourth-order valence-electron chi connectivity index (χ4n) is 3.30. The van der Waals surface area contributed by atoms with E-state index in [9.17, 15) is 19.1 Å². The summed E-state index contributed by atoms with van der Waals surface area (Å²) in [7, 11) is 1.32. The average Bonchev–Trinajstić information content (AvgIpc) is 3.10. The van der Waals surface area contributed by atoms with Gasteiger partial charge in [0.05, 0.1) is 18.2 Å². The number of carboxylic acids is 1. The number of carbonyl (C=O) groups is 2. The Morgan fingerprint density at radius 3 is 2.60 bits per heavy atom. The first-order chi connectivity index (χ1) is 12.0. The van der Waals surface area contributed by atoms with Crippen molar-refractivity contribution in [2.45, 2.75) is 12.3 Å². The molecule has 0 spiro atoms. The van der Waals surface area contributed by atoms with E-state index in [0.29, 0.717) is 19.5 Å². The van der Waals surface area contributed by atoms with Gasteiger partial charge in [-0.3, -0.25) is 4.79 Å². The first-order valence-electron chi connectivity index (χ1n) is 7.97. The molecular formula is C19H18FNO4. The number of para-hydroxylation sites is 1. The number of benzene rings is 2. The predicted octanol–water partition coefficient (Wildman–Crippen LogP) is 3.16. The molecule has 130 valence electrons. The number of hydrogen-bond donors (Lipinski definition) is 1. The fourth-order valence-corrected chi connectivity index (χ4v) is 3.30. The summed E-state index contributed by atoms with van der Waals surface area (Å²) in [4.78, 5) is 25.7. The van der Waals surface area contributed by atoms with Crippen molar-refractivity contribution in [1.82, 2.24) is 4.90 Å². The van der Waals surface area contributed by atoms with Crippen LogP contribution in [0.5, 0.6) is 5.75 Å². The van der Waals surface area contributed by atoms with Gasteiger partial charge in [0.1, 0.15) is 0 Å². The van der Waals surface area contributed by atoms with E-state index in [1.54, 1.807) is 29.2 Å². The van der Waals surface area contributed by atoms with Gasteiger partial charge in [0.25, 0.3) is 5.91 Å². The van der Waals surface area contributed by atoms with Gasteiger partial charge < -0.3 is 14.7 Å². The third-order valence-electron chi connectivity index (χ3n) is 4.51. The van der Waals surface area contributed by atoms with Gasteiger partial charge in [-0.05, 0) is 30.2 Å². The van der Waals surface area contributed by atoms with Crippen molar-refractivity contribution in [2.75, 3.05) is 20.2 Å². The molecule has 1 atom stereocenters. The lowest BCUT2D eigenvalue weighted by Gasteiger charge is -2.19. The molecule has 1 heterocycles. The molecule has 0 radical (unpaired) electrons. The van der Waals surface area contributed by atoms with Crippen LogP contribution in [0.4, 0.5) is 4.39 Å². The summed E-state index contributed by atoms with van der Waals surface area (Å²) in [6.07, 6.45) is 0.660. The summed E-state index contributed by atoms with van der Waals surface area (Å²) < 4.78 is 18.8. The van der Waals surface area contributed by atoms with Crippen molar-refractivity contribution in [3.05, 3.63) is 65.0 Å². The minimum Gasteiger partial charge on any atom is -0.493 e. The summed E-state index contributed by atoms with van der Waals surface area (Å²) in [5.74, 6) is -2.00. The van der Waals surface area contributed by atoms with E-state index < -0.39 is 11.8 Å². The monoisotopic (exact) mass is 343 g/mol. The zero-order chi connectivity index (χ0) is 18.0. The van der Waals surface area contributed by atoms with Crippen molar-refractivity contribution >= 4 is 11.9 Å². The summed E-state index contributed by atoms with van der Waals surface area (Å²) >= 11 is 0. The number of ether oxygens (including phenoxy) is 1. The second-order valence-electron chi connectivity index (χ2n) is 5.95. The minimum atomic E-state index is -0.979. The normalized spacial score (nSPS) is 16.7. The molecule has 0 unspecified atom stereocenters. The molecule has 0 bridgehead atoms. The summed E-state index contributed by atoms with van der Waals surface area (Å²) in [5.41, 5.74) is 1.15. The molecular weight excluding hydrogens is 325 g/mol. The molecule has 6 heteroatoms. The molecule has 1 N–H and O–H groups in total. The largest absolute Gasteiger partial charge is 0.493 e. The molecule has 1 amide bonds. The number of carbonyl (C=O) groups excluding carboxylic acids is 1.